The Labute approximate surface area is 216 Å². The van der Waals surface area contributed by atoms with Crippen LogP contribution in [0.5, 0.6) is 5.75 Å². The zero-order chi connectivity index (χ0) is 23.4. The molecule has 8 heteroatoms. The normalized spacial score (nSPS) is 17.5. The van der Waals surface area contributed by atoms with Gasteiger partial charge in [-0.25, -0.2) is 10.8 Å². The van der Waals surface area contributed by atoms with Crippen LogP contribution in [0.15, 0.2) is 70.0 Å². The summed E-state index contributed by atoms with van der Waals surface area (Å²) >= 11 is 5.89. The summed E-state index contributed by atoms with van der Waals surface area (Å²) in [7, 11) is 1.69. The maximum absolute atomic E-state index is 6.36. The molecule has 2 N–H and O–H groups in total. The van der Waals surface area contributed by atoms with Gasteiger partial charge in [0.05, 0.1) is 24.8 Å². The van der Waals surface area contributed by atoms with E-state index in [1.54, 1.807) is 18.4 Å². The molecule has 0 amide bonds. The van der Waals surface area contributed by atoms with Gasteiger partial charge in [-0.15, -0.1) is 0 Å². The van der Waals surface area contributed by atoms with E-state index in [9.17, 15) is 0 Å². The van der Waals surface area contributed by atoms with Crippen LogP contribution < -0.4 is 10.6 Å². The van der Waals surface area contributed by atoms with E-state index in [2.05, 4.69) is 86.0 Å². The van der Waals surface area contributed by atoms with Gasteiger partial charge in [0, 0.05) is 23.6 Å². The van der Waals surface area contributed by atoms with E-state index in [0.29, 0.717) is 0 Å². The highest BCUT2D eigenvalue weighted by molar-refractivity contribution is 14.1. The zero-order valence-corrected chi connectivity index (χ0v) is 22.5. The molecule has 0 spiro atoms. The maximum Gasteiger partial charge on any atom is 0.143 e. The van der Waals surface area contributed by atoms with E-state index in [1.807, 2.05) is 23.8 Å². The number of nitrogens with zero attached hydrogens (tertiary/aromatic N) is 4. The van der Waals surface area contributed by atoms with E-state index >= 15 is 0 Å². The van der Waals surface area contributed by atoms with E-state index in [4.69, 9.17) is 15.6 Å². The maximum atomic E-state index is 6.36. The molecule has 0 radical (unpaired) electrons. The SMILES string of the molecule is COc1cc(/C=C2\CCCN(N)\C2=N/C(I)Cc2ccc(Br)cc2)ccc1-n1cnc(C)c1. The molecule has 0 aliphatic carbocycles. The van der Waals surface area contributed by atoms with Gasteiger partial charge in [0.1, 0.15) is 15.6 Å². The van der Waals surface area contributed by atoms with Crippen molar-refractivity contribution in [1.29, 1.82) is 0 Å². The van der Waals surface area contributed by atoms with Gasteiger partial charge >= 0.3 is 0 Å². The first-order chi connectivity index (χ1) is 15.9. The van der Waals surface area contributed by atoms with Gasteiger partial charge in [-0.1, -0.05) is 56.7 Å². The van der Waals surface area contributed by atoms with Gasteiger partial charge in [-0.2, -0.15) is 0 Å². The second kappa shape index (κ2) is 10.8. The molecule has 0 bridgehead atoms. The number of hydrazine groups is 1. The van der Waals surface area contributed by atoms with Crippen LogP contribution in [0.1, 0.15) is 29.7 Å². The van der Waals surface area contributed by atoms with Gasteiger partial charge < -0.3 is 9.30 Å². The molecule has 6 nitrogen and oxygen atoms in total. The number of methoxy groups -OCH3 is 1. The van der Waals surface area contributed by atoms with Crippen molar-refractivity contribution < 1.29 is 4.74 Å². The van der Waals surface area contributed by atoms with Crippen LogP contribution in [0.3, 0.4) is 0 Å². The Morgan fingerprint density at radius 2 is 2.06 bits per heavy atom. The van der Waals surface area contributed by atoms with Gasteiger partial charge in [0.2, 0.25) is 0 Å². The fourth-order valence-corrected chi connectivity index (χ4v) is 4.92. The highest BCUT2D eigenvalue weighted by Crippen LogP contribution is 2.28. The van der Waals surface area contributed by atoms with E-state index in [1.165, 1.54) is 5.56 Å². The molecule has 172 valence electrons. The number of hydrogen-bond acceptors (Lipinski definition) is 4. The second-order valence-electron chi connectivity index (χ2n) is 8.04. The summed E-state index contributed by atoms with van der Waals surface area (Å²) in [5.41, 5.74) is 5.38. The molecular weight excluding hydrogens is 593 g/mol. The Bertz CT molecular complexity index is 1170. The van der Waals surface area contributed by atoms with Gasteiger partial charge in [0.15, 0.2) is 0 Å². The minimum absolute atomic E-state index is 0.0905. The van der Waals surface area contributed by atoms with Crippen LogP contribution in [0, 0.1) is 6.92 Å². The average Bonchev–Trinajstić information content (AvgIpc) is 3.23. The Kier molecular flexibility index (Phi) is 7.87. The molecular formula is C25H27BrIN5O. The minimum atomic E-state index is 0.0905. The fourth-order valence-electron chi connectivity index (χ4n) is 3.88. The predicted molar refractivity (Wildman–Crippen MR) is 146 cm³/mol. The lowest BCUT2D eigenvalue weighted by Gasteiger charge is -2.28. The number of nitrogens with two attached hydrogens (primary N) is 1. The number of amidine groups is 1. The third kappa shape index (κ3) is 6.04. The summed E-state index contributed by atoms with van der Waals surface area (Å²) in [5, 5.41) is 1.78. The summed E-state index contributed by atoms with van der Waals surface area (Å²) in [6, 6.07) is 14.6. The summed E-state index contributed by atoms with van der Waals surface area (Å²) in [4.78, 5) is 9.33. The van der Waals surface area contributed by atoms with Crippen molar-refractivity contribution in [3.63, 3.8) is 0 Å². The van der Waals surface area contributed by atoms with E-state index in [-0.39, 0.29) is 4.05 Å². The molecule has 1 aliphatic rings. The molecule has 2 aromatic carbocycles. The van der Waals surface area contributed by atoms with Crippen molar-refractivity contribution in [2.45, 2.75) is 30.2 Å². The Balaban J connectivity index is 1.60. The molecule has 1 fully saturated rings. The average molecular weight is 620 g/mol. The molecule has 0 saturated carbocycles. The number of imidazole rings is 1. The number of piperidine rings is 1. The molecule has 1 saturated heterocycles. The number of rotatable bonds is 6. The van der Waals surface area contributed by atoms with Crippen LogP contribution in [-0.4, -0.2) is 38.1 Å². The van der Waals surface area contributed by atoms with Crippen molar-refractivity contribution in [1.82, 2.24) is 14.6 Å². The fraction of sp³-hybridized carbons (Fsp3) is 0.280. The van der Waals surface area contributed by atoms with Gasteiger partial charge in [-0.3, -0.25) is 10.0 Å². The molecule has 1 aromatic heterocycles. The third-order valence-corrected chi connectivity index (χ3v) is 6.77. The summed E-state index contributed by atoms with van der Waals surface area (Å²) < 4.78 is 8.83. The standard InChI is InChI=1S/C25H27BrIN5O/c1-17-15-31(16-29-17)22-10-7-19(13-23(22)33-2)12-20-4-3-11-32(28)25(20)30-24(27)14-18-5-8-21(26)9-6-18/h5-10,12-13,15-16,24H,3-4,11,14,28H2,1-2H3/b20-12+,30-25-. The predicted octanol–water partition coefficient (Wildman–Crippen LogP) is 5.71. The van der Waals surface area contributed by atoms with Gasteiger partial charge in [0.25, 0.3) is 0 Å². The van der Waals surface area contributed by atoms with Crippen LogP contribution in [-0.2, 0) is 6.42 Å². The highest BCUT2D eigenvalue weighted by atomic mass is 127. The smallest absolute Gasteiger partial charge is 0.143 e. The number of alkyl halides is 1. The topological polar surface area (TPSA) is 68.7 Å². The number of ether oxygens (including phenoxy) is 1. The molecule has 1 unspecified atom stereocenters. The molecule has 1 atom stereocenters. The Morgan fingerprint density at radius 3 is 2.76 bits per heavy atom. The van der Waals surface area contributed by atoms with Crippen molar-refractivity contribution in [2.75, 3.05) is 13.7 Å². The number of benzene rings is 2. The molecule has 2 heterocycles. The molecule has 4 rings (SSSR count). The molecule has 3 aromatic rings. The quantitative estimate of drug-likeness (QED) is 0.166. The number of hydrogen-bond donors (Lipinski definition) is 1. The van der Waals surface area contributed by atoms with Crippen molar-refractivity contribution in [2.24, 2.45) is 10.8 Å². The van der Waals surface area contributed by atoms with E-state index in [0.717, 1.165) is 64.4 Å². The number of aromatic nitrogens is 2. The summed E-state index contributed by atoms with van der Waals surface area (Å²) in [6.45, 7) is 2.78. The lowest BCUT2D eigenvalue weighted by atomic mass is 10.0. The van der Waals surface area contributed by atoms with Crippen LogP contribution in [0.25, 0.3) is 11.8 Å². The first-order valence-corrected chi connectivity index (χ1v) is 12.9. The molecule has 33 heavy (non-hydrogen) atoms. The minimum Gasteiger partial charge on any atom is -0.495 e. The lowest BCUT2D eigenvalue weighted by molar-refractivity contribution is 0.407. The third-order valence-electron chi connectivity index (χ3n) is 5.52. The number of aliphatic imine (C=N–C) groups is 1. The van der Waals surface area contributed by atoms with E-state index < -0.39 is 0 Å². The number of halogens is 2. The van der Waals surface area contributed by atoms with Crippen molar-refractivity contribution >= 4 is 50.4 Å². The number of aryl methyl sites for hydroxylation is 1. The Hall–Kier alpha value is -2.17. The van der Waals surface area contributed by atoms with Gasteiger partial charge in [-0.05, 0) is 66.8 Å². The molecule has 1 aliphatic heterocycles. The van der Waals surface area contributed by atoms with Crippen molar-refractivity contribution in [3.8, 4) is 11.4 Å². The van der Waals surface area contributed by atoms with Crippen LogP contribution in [0.2, 0.25) is 0 Å². The second-order valence-corrected chi connectivity index (χ2v) is 10.4. The van der Waals surface area contributed by atoms with Crippen LogP contribution in [0.4, 0.5) is 0 Å². The summed E-state index contributed by atoms with van der Waals surface area (Å²) in [5.74, 6) is 8.02. The summed E-state index contributed by atoms with van der Waals surface area (Å²) in [6.07, 6.45) is 8.76. The first kappa shape index (κ1) is 24.0. The monoisotopic (exact) mass is 619 g/mol. The zero-order valence-electron chi connectivity index (χ0n) is 18.7. The highest BCUT2D eigenvalue weighted by Gasteiger charge is 2.20. The largest absolute Gasteiger partial charge is 0.495 e. The first-order valence-electron chi connectivity index (χ1n) is 10.8. The van der Waals surface area contributed by atoms with Crippen molar-refractivity contribution in [3.05, 3.63) is 81.9 Å². The Morgan fingerprint density at radius 1 is 1.27 bits per heavy atom. The lowest BCUT2D eigenvalue weighted by Crippen LogP contribution is -2.42. The van der Waals surface area contributed by atoms with Crippen LogP contribution >= 0.6 is 38.5 Å².